The van der Waals surface area contributed by atoms with E-state index < -0.39 is 5.97 Å². The largest absolute Gasteiger partial charge is 0.497 e. The average Bonchev–Trinajstić information content (AvgIpc) is 2.64. The Bertz CT molecular complexity index is 896. The highest BCUT2D eigenvalue weighted by Gasteiger charge is 2.10. The first-order valence-electron chi connectivity index (χ1n) is 8.30. The number of rotatable bonds is 8. The maximum absolute atomic E-state index is 11.1. The van der Waals surface area contributed by atoms with E-state index >= 15 is 0 Å². The van der Waals surface area contributed by atoms with Crippen molar-refractivity contribution in [3.63, 3.8) is 0 Å². The summed E-state index contributed by atoms with van der Waals surface area (Å²) in [6.07, 6.45) is 1.27. The lowest BCUT2D eigenvalue weighted by Gasteiger charge is -2.13. The van der Waals surface area contributed by atoms with Crippen molar-refractivity contribution in [1.82, 2.24) is 0 Å². The molecule has 140 valence electrons. The highest BCUT2D eigenvalue weighted by atomic mass is 16.5. The van der Waals surface area contributed by atoms with E-state index in [1.165, 1.54) is 13.2 Å². The fourth-order valence-corrected chi connectivity index (χ4v) is 2.45. The number of methoxy groups -OCH3 is 1. The quantitative estimate of drug-likeness (QED) is 0.434. The molecule has 0 radical (unpaired) electrons. The monoisotopic (exact) mass is 367 g/mol. The third-order valence-electron chi connectivity index (χ3n) is 3.80. The number of hydrogen-bond donors (Lipinski definition) is 1. The van der Waals surface area contributed by atoms with Gasteiger partial charge in [0, 0.05) is 11.6 Å². The van der Waals surface area contributed by atoms with Crippen molar-refractivity contribution >= 4 is 12.0 Å². The van der Waals surface area contributed by atoms with Gasteiger partial charge in [0.2, 0.25) is 0 Å². The van der Waals surface area contributed by atoms with Gasteiger partial charge in [0.15, 0.2) is 0 Å². The van der Waals surface area contributed by atoms with Crippen LogP contribution >= 0.6 is 0 Å². The Morgan fingerprint density at radius 2 is 1.81 bits per heavy atom. The molecule has 0 bridgehead atoms. The van der Waals surface area contributed by atoms with E-state index in [0.29, 0.717) is 23.7 Å². The van der Waals surface area contributed by atoms with E-state index in [4.69, 9.17) is 24.6 Å². The molecule has 2 aromatic carbocycles. The number of aryl methyl sites for hydroxylation is 2. The van der Waals surface area contributed by atoms with Crippen molar-refractivity contribution in [1.29, 1.82) is 5.26 Å². The van der Waals surface area contributed by atoms with Crippen LogP contribution in [0.25, 0.3) is 6.08 Å². The summed E-state index contributed by atoms with van der Waals surface area (Å²) < 4.78 is 16.6. The number of nitriles is 1. The number of aliphatic carboxylic acids is 1. The van der Waals surface area contributed by atoms with E-state index in [1.807, 2.05) is 32.0 Å². The minimum Gasteiger partial charge on any atom is -0.497 e. The normalized spacial score (nSPS) is 10.8. The van der Waals surface area contributed by atoms with Gasteiger partial charge in [-0.25, -0.2) is 4.79 Å². The maximum Gasteiger partial charge on any atom is 0.346 e. The van der Waals surface area contributed by atoms with E-state index in [0.717, 1.165) is 16.9 Å². The summed E-state index contributed by atoms with van der Waals surface area (Å²) in [4.78, 5) is 11.1. The first kappa shape index (κ1) is 19.9. The smallest absolute Gasteiger partial charge is 0.346 e. The fraction of sp³-hybridized carbons (Fsp3) is 0.238. The van der Waals surface area contributed by atoms with Crippen LogP contribution in [0.1, 0.15) is 16.7 Å². The molecule has 0 saturated carbocycles. The molecule has 1 N–H and O–H groups in total. The molecular weight excluding hydrogens is 346 g/mol. The number of carbonyl (C=O) groups is 1. The highest BCUT2D eigenvalue weighted by Crippen LogP contribution is 2.27. The van der Waals surface area contributed by atoms with Gasteiger partial charge < -0.3 is 19.3 Å². The van der Waals surface area contributed by atoms with Gasteiger partial charge in [-0.05, 0) is 43.7 Å². The first-order chi connectivity index (χ1) is 12.9. The molecule has 27 heavy (non-hydrogen) atoms. The molecular formula is C21H21NO5. The Balaban J connectivity index is 2.10. The second kappa shape index (κ2) is 9.30. The van der Waals surface area contributed by atoms with E-state index in [9.17, 15) is 4.79 Å². The Morgan fingerprint density at radius 3 is 2.41 bits per heavy atom. The second-order valence-electron chi connectivity index (χ2n) is 5.84. The molecule has 0 aliphatic carbocycles. The van der Waals surface area contributed by atoms with Gasteiger partial charge in [-0.1, -0.05) is 17.7 Å². The van der Waals surface area contributed by atoms with Crippen molar-refractivity contribution < 1.29 is 24.1 Å². The zero-order valence-electron chi connectivity index (χ0n) is 15.5. The van der Waals surface area contributed by atoms with Crippen LogP contribution in [0.5, 0.6) is 17.2 Å². The standard InChI is InChI=1S/C21H21NO5/c1-14-4-7-19(15(2)10-14)26-8-9-27-20-12-18(25-3)6-5-16(20)11-17(13-22)21(23)24/h4-7,10-12H,8-9H2,1-3H3,(H,23,24). The van der Waals surface area contributed by atoms with Gasteiger partial charge >= 0.3 is 5.97 Å². The van der Waals surface area contributed by atoms with Gasteiger partial charge in [-0.2, -0.15) is 5.26 Å². The molecule has 0 fully saturated rings. The van der Waals surface area contributed by atoms with E-state index in [2.05, 4.69) is 0 Å². The summed E-state index contributed by atoms with van der Waals surface area (Å²) in [5.74, 6) is 0.462. The molecule has 2 rings (SSSR count). The lowest BCUT2D eigenvalue weighted by atomic mass is 10.1. The topological polar surface area (TPSA) is 88.8 Å². The fourth-order valence-electron chi connectivity index (χ4n) is 2.45. The Kier molecular flexibility index (Phi) is 6.84. The predicted molar refractivity (Wildman–Crippen MR) is 101 cm³/mol. The maximum atomic E-state index is 11.1. The number of hydrogen-bond acceptors (Lipinski definition) is 5. The van der Waals surface area contributed by atoms with Crippen LogP contribution in [0.2, 0.25) is 0 Å². The zero-order valence-corrected chi connectivity index (χ0v) is 15.5. The Morgan fingerprint density at radius 1 is 1.11 bits per heavy atom. The van der Waals surface area contributed by atoms with E-state index in [-0.39, 0.29) is 12.2 Å². The summed E-state index contributed by atoms with van der Waals surface area (Å²) in [7, 11) is 1.52. The SMILES string of the molecule is COc1ccc(C=C(C#N)C(=O)O)c(OCCOc2ccc(C)cc2C)c1. The van der Waals surface area contributed by atoms with Gasteiger partial charge in [0.25, 0.3) is 0 Å². The molecule has 6 heteroatoms. The van der Waals surface area contributed by atoms with Crippen LogP contribution in [0.4, 0.5) is 0 Å². The molecule has 0 atom stereocenters. The minimum atomic E-state index is -1.29. The van der Waals surface area contributed by atoms with Crippen molar-refractivity contribution in [3.8, 4) is 23.3 Å². The van der Waals surface area contributed by atoms with Crippen LogP contribution < -0.4 is 14.2 Å². The van der Waals surface area contributed by atoms with Crippen LogP contribution in [-0.4, -0.2) is 31.4 Å². The Labute approximate surface area is 158 Å². The van der Waals surface area contributed by atoms with Gasteiger partial charge in [-0.15, -0.1) is 0 Å². The molecule has 6 nitrogen and oxygen atoms in total. The summed E-state index contributed by atoms with van der Waals surface area (Å²) in [5, 5.41) is 18.0. The second-order valence-corrected chi connectivity index (χ2v) is 5.84. The molecule has 0 heterocycles. The van der Waals surface area contributed by atoms with Gasteiger partial charge in [-0.3, -0.25) is 0 Å². The number of carboxylic acids is 1. The average molecular weight is 367 g/mol. The van der Waals surface area contributed by atoms with Crippen molar-refractivity contribution in [3.05, 3.63) is 58.7 Å². The highest BCUT2D eigenvalue weighted by molar-refractivity contribution is 5.96. The van der Waals surface area contributed by atoms with Crippen LogP contribution in [0, 0.1) is 25.2 Å². The number of nitrogens with zero attached hydrogens (tertiary/aromatic N) is 1. The van der Waals surface area contributed by atoms with Crippen LogP contribution in [-0.2, 0) is 4.79 Å². The van der Waals surface area contributed by atoms with Crippen molar-refractivity contribution in [2.45, 2.75) is 13.8 Å². The zero-order chi connectivity index (χ0) is 19.8. The third-order valence-corrected chi connectivity index (χ3v) is 3.80. The third kappa shape index (κ3) is 5.51. The lowest BCUT2D eigenvalue weighted by Crippen LogP contribution is -2.10. The molecule has 0 aromatic heterocycles. The molecule has 0 saturated heterocycles. The summed E-state index contributed by atoms with van der Waals surface area (Å²) in [6, 6.07) is 12.5. The number of ether oxygens (including phenoxy) is 3. The summed E-state index contributed by atoms with van der Waals surface area (Å²) >= 11 is 0. The van der Waals surface area contributed by atoms with Crippen molar-refractivity contribution in [2.24, 2.45) is 0 Å². The lowest BCUT2D eigenvalue weighted by molar-refractivity contribution is -0.132. The molecule has 0 aliphatic rings. The molecule has 0 aliphatic heterocycles. The molecule has 2 aromatic rings. The number of benzene rings is 2. The predicted octanol–water partition coefficient (Wildman–Crippen LogP) is 3.76. The molecule has 0 amide bonds. The first-order valence-corrected chi connectivity index (χ1v) is 8.30. The molecule has 0 spiro atoms. The molecule has 0 unspecified atom stereocenters. The van der Waals surface area contributed by atoms with E-state index in [1.54, 1.807) is 24.3 Å². The summed E-state index contributed by atoms with van der Waals surface area (Å²) in [6.45, 7) is 4.55. The van der Waals surface area contributed by atoms with Crippen molar-refractivity contribution in [2.75, 3.05) is 20.3 Å². The number of carboxylic acid groups (broad SMARTS) is 1. The Hall–Kier alpha value is -3.46. The van der Waals surface area contributed by atoms with Gasteiger partial charge in [0.1, 0.15) is 42.1 Å². The van der Waals surface area contributed by atoms with Crippen LogP contribution in [0.3, 0.4) is 0 Å². The summed E-state index contributed by atoms with van der Waals surface area (Å²) in [5.41, 5.74) is 2.30. The van der Waals surface area contributed by atoms with Crippen LogP contribution in [0.15, 0.2) is 42.0 Å². The minimum absolute atomic E-state index is 0.246. The van der Waals surface area contributed by atoms with Gasteiger partial charge in [0.05, 0.1) is 7.11 Å².